The SMILES string of the molecule is COc1cccc(C2C(=C(O)c3ccncc3)C(=O)C(=O)N2c2nc3ccc(OC)cc3s2)c1. The van der Waals surface area contributed by atoms with Crippen LogP contribution < -0.4 is 14.4 Å². The quantitative estimate of drug-likeness (QED) is 0.261. The van der Waals surface area contributed by atoms with E-state index in [4.69, 9.17) is 9.47 Å². The number of carbonyl (C=O) groups excluding carboxylic acids is 2. The molecule has 1 saturated heterocycles. The van der Waals surface area contributed by atoms with Crippen LogP contribution >= 0.6 is 11.3 Å². The van der Waals surface area contributed by atoms with Gasteiger partial charge in [-0.05, 0) is 48.0 Å². The summed E-state index contributed by atoms with van der Waals surface area (Å²) in [6, 6.07) is 14.7. The maximum absolute atomic E-state index is 13.3. The van der Waals surface area contributed by atoms with Gasteiger partial charge in [0, 0.05) is 18.0 Å². The summed E-state index contributed by atoms with van der Waals surface area (Å²) in [4.78, 5) is 36.5. The Hall–Kier alpha value is -4.24. The molecule has 8 nitrogen and oxygen atoms in total. The van der Waals surface area contributed by atoms with Crippen molar-refractivity contribution in [2.75, 3.05) is 19.1 Å². The predicted octanol–water partition coefficient (Wildman–Crippen LogP) is 4.33. The van der Waals surface area contributed by atoms with Crippen LogP contribution in [0.25, 0.3) is 16.0 Å². The van der Waals surface area contributed by atoms with E-state index in [0.29, 0.717) is 33.3 Å². The number of aliphatic hydroxyl groups excluding tert-OH is 1. The molecular formula is C25H19N3O5S. The number of fused-ring (bicyclic) bond motifs is 1. The standard InChI is InChI=1S/C25H19N3O5S/c1-32-16-5-3-4-15(12-16)21-20(22(29)14-8-10-26-11-9-14)23(30)24(31)28(21)25-27-18-7-6-17(33-2)13-19(18)34-25/h3-13,21,29H,1-2H3. The van der Waals surface area contributed by atoms with Gasteiger partial charge in [-0.15, -0.1) is 0 Å². The number of methoxy groups -OCH3 is 2. The van der Waals surface area contributed by atoms with Crippen LogP contribution in [0, 0.1) is 0 Å². The number of pyridine rings is 1. The summed E-state index contributed by atoms with van der Waals surface area (Å²) in [5, 5.41) is 11.5. The molecule has 1 N–H and O–H groups in total. The van der Waals surface area contributed by atoms with E-state index in [1.54, 1.807) is 55.6 Å². The second-order valence-electron chi connectivity index (χ2n) is 7.51. The van der Waals surface area contributed by atoms with Crippen LogP contribution in [0.5, 0.6) is 11.5 Å². The molecule has 34 heavy (non-hydrogen) atoms. The molecule has 3 heterocycles. The molecule has 0 spiro atoms. The topological polar surface area (TPSA) is 102 Å². The molecule has 9 heteroatoms. The van der Waals surface area contributed by atoms with Gasteiger partial charge in [0.25, 0.3) is 5.78 Å². The molecule has 1 aliphatic rings. The smallest absolute Gasteiger partial charge is 0.301 e. The summed E-state index contributed by atoms with van der Waals surface area (Å²) in [5.41, 5.74) is 1.63. The Morgan fingerprint density at radius 1 is 1.00 bits per heavy atom. The van der Waals surface area contributed by atoms with Crippen molar-refractivity contribution in [3.05, 3.63) is 83.7 Å². The summed E-state index contributed by atoms with van der Waals surface area (Å²) in [6.07, 6.45) is 3.01. The molecule has 1 fully saturated rings. The van der Waals surface area contributed by atoms with Crippen molar-refractivity contribution in [1.29, 1.82) is 0 Å². The van der Waals surface area contributed by atoms with Crippen molar-refractivity contribution < 1.29 is 24.2 Å². The molecule has 0 saturated carbocycles. The normalized spacial score (nSPS) is 17.4. The lowest BCUT2D eigenvalue weighted by atomic mass is 9.95. The van der Waals surface area contributed by atoms with E-state index < -0.39 is 17.7 Å². The molecule has 1 atom stereocenters. The Morgan fingerprint density at radius 2 is 1.74 bits per heavy atom. The highest BCUT2D eigenvalue weighted by Gasteiger charge is 2.48. The number of amides is 1. The van der Waals surface area contributed by atoms with Crippen molar-refractivity contribution in [1.82, 2.24) is 9.97 Å². The summed E-state index contributed by atoms with van der Waals surface area (Å²) >= 11 is 1.26. The third-order valence-electron chi connectivity index (χ3n) is 5.60. The lowest BCUT2D eigenvalue weighted by molar-refractivity contribution is -0.132. The summed E-state index contributed by atoms with van der Waals surface area (Å²) in [5.74, 6) is -0.625. The highest BCUT2D eigenvalue weighted by molar-refractivity contribution is 7.22. The van der Waals surface area contributed by atoms with Gasteiger partial charge in [-0.25, -0.2) is 4.98 Å². The maximum atomic E-state index is 13.3. The molecule has 1 unspecified atom stereocenters. The minimum atomic E-state index is -0.897. The first-order valence-electron chi connectivity index (χ1n) is 10.3. The highest BCUT2D eigenvalue weighted by Crippen LogP contribution is 2.45. The molecule has 170 valence electrons. The second kappa shape index (κ2) is 8.60. The largest absolute Gasteiger partial charge is 0.507 e. The van der Waals surface area contributed by atoms with Crippen LogP contribution in [0.4, 0.5) is 5.13 Å². The van der Waals surface area contributed by atoms with Gasteiger partial charge in [0.1, 0.15) is 17.3 Å². The second-order valence-corrected chi connectivity index (χ2v) is 8.52. The van der Waals surface area contributed by atoms with Crippen LogP contribution in [0.15, 0.2) is 72.6 Å². The fourth-order valence-electron chi connectivity index (χ4n) is 3.94. The van der Waals surface area contributed by atoms with E-state index in [9.17, 15) is 14.7 Å². The number of hydrogen-bond donors (Lipinski definition) is 1. The lowest BCUT2D eigenvalue weighted by Crippen LogP contribution is -2.29. The fourth-order valence-corrected chi connectivity index (χ4v) is 4.97. The maximum Gasteiger partial charge on any atom is 0.301 e. The van der Waals surface area contributed by atoms with Crippen molar-refractivity contribution in [2.24, 2.45) is 0 Å². The first kappa shape index (κ1) is 21.6. The summed E-state index contributed by atoms with van der Waals surface area (Å²) < 4.78 is 11.5. The van der Waals surface area contributed by atoms with Gasteiger partial charge >= 0.3 is 5.91 Å². The van der Waals surface area contributed by atoms with Gasteiger partial charge in [-0.2, -0.15) is 0 Å². The molecule has 4 aromatic rings. The molecule has 2 aromatic heterocycles. The summed E-state index contributed by atoms with van der Waals surface area (Å²) in [7, 11) is 3.11. The average Bonchev–Trinajstić information content (AvgIpc) is 3.41. The zero-order valence-corrected chi connectivity index (χ0v) is 19.1. The number of carbonyl (C=O) groups is 2. The minimum absolute atomic E-state index is 0.0266. The first-order chi connectivity index (χ1) is 16.5. The summed E-state index contributed by atoms with van der Waals surface area (Å²) in [6.45, 7) is 0. The van der Waals surface area contributed by atoms with E-state index >= 15 is 0 Å². The number of ketones is 1. The predicted molar refractivity (Wildman–Crippen MR) is 128 cm³/mol. The van der Waals surface area contributed by atoms with Gasteiger partial charge in [0.05, 0.1) is 36.1 Å². The molecule has 2 aromatic carbocycles. The number of aliphatic hydroxyl groups is 1. The number of thiazole rings is 1. The number of aromatic nitrogens is 2. The van der Waals surface area contributed by atoms with Gasteiger partial charge in [-0.1, -0.05) is 23.5 Å². The molecule has 0 radical (unpaired) electrons. The Balaban J connectivity index is 1.73. The van der Waals surface area contributed by atoms with E-state index in [0.717, 1.165) is 4.70 Å². The van der Waals surface area contributed by atoms with Crippen molar-refractivity contribution in [3.63, 3.8) is 0 Å². The van der Waals surface area contributed by atoms with Crippen LogP contribution in [0.1, 0.15) is 17.2 Å². The third kappa shape index (κ3) is 3.56. The van der Waals surface area contributed by atoms with Crippen LogP contribution in [0.3, 0.4) is 0 Å². The fraction of sp³-hybridized carbons (Fsp3) is 0.120. The number of nitrogens with zero attached hydrogens (tertiary/aromatic N) is 3. The van der Waals surface area contributed by atoms with E-state index in [1.165, 1.54) is 35.7 Å². The van der Waals surface area contributed by atoms with Gasteiger partial charge in [-0.3, -0.25) is 19.5 Å². The Morgan fingerprint density at radius 3 is 2.47 bits per heavy atom. The minimum Gasteiger partial charge on any atom is -0.507 e. The lowest BCUT2D eigenvalue weighted by Gasteiger charge is -2.23. The van der Waals surface area contributed by atoms with Gasteiger partial charge < -0.3 is 14.6 Å². The highest BCUT2D eigenvalue weighted by atomic mass is 32.1. The molecular weight excluding hydrogens is 454 g/mol. The zero-order chi connectivity index (χ0) is 23.8. The Bertz CT molecular complexity index is 1450. The van der Waals surface area contributed by atoms with Crippen LogP contribution in [-0.2, 0) is 9.59 Å². The van der Waals surface area contributed by atoms with E-state index in [1.807, 2.05) is 6.07 Å². The molecule has 1 aliphatic heterocycles. The van der Waals surface area contributed by atoms with E-state index in [-0.39, 0.29) is 11.3 Å². The van der Waals surface area contributed by atoms with Crippen LogP contribution in [0.2, 0.25) is 0 Å². The Labute approximate surface area is 198 Å². The third-order valence-corrected chi connectivity index (χ3v) is 6.62. The van der Waals surface area contributed by atoms with Gasteiger partial charge in [0.2, 0.25) is 0 Å². The average molecular weight is 474 g/mol. The first-order valence-corrected chi connectivity index (χ1v) is 11.1. The number of ether oxygens (including phenoxy) is 2. The molecule has 0 aliphatic carbocycles. The number of hydrogen-bond acceptors (Lipinski definition) is 8. The molecule has 0 bridgehead atoms. The van der Waals surface area contributed by atoms with Crippen molar-refractivity contribution in [2.45, 2.75) is 6.04 Å². The number of benzene rings is 2. The van der Waals surface area contributed by atoms with Gasteiger partial charge in [0.15, 0.2) is 5.13 Å². The number of anilines is 1. The molecule has 1 amide bonds. The number of rotatable bonds is 5. The zero-order valence-electron chi connectivity index (χ0n) is 18.3. The van der Waals surface area contributed by atoms with E-state index in [2.05, 4.69) is 9.97 Å². The van der Waals surface area contributed by atoms with Crippen molar-refractivity contribution in [3.8, 4) is 11.5 Å². The number of Topliss-reactive ketones (excluding diaryl/α,β-unsaturated/α-hetero) is 1. The monoisotopic (exact) mass is 473 g/mol. The molecule has 5 rings (SSSR count). The van der Waals surface area contributed by atoms with Crippen LogP contribution in [-0.4, -0.2) is 41.0 Å². The van der Waals surface area contributed by atoms with Crippen molar-refractivity contribution >= 4 is 44.1 Å². The Kier molecular flexibility index (Phi) is 5.46.